The first-order valence-corrected chi connectivity index (χ1v) is 9.14. The molecule has 2 N–H and O–H groups in total. The number of amides is 1. The lowest BCUT2D eigenvalue weighted by atomic mass is 9.95. The van der Waals surface area contributed by atoms with Crippen molar-refractivity contribution >= 4 is 17.2 Å². The zero-order valence-electron chi connectivity index (χ0n) is 13.1. The molecule has 1 aromatic heterocycles. The molecule has 0 aromatic carbocycles. The second-order valence-corrected chi connectivity index (χ2v) is 6.81. The average Bonchev–Trinajstić information content (AvgIpc) is 3.20. The second kappa shape index (κ2) is 7.95. The van der Waals surface area contributed by atoms with Crippen LogP contribution in [0.4, 0.5) is 0 Å². The number of aliphatic hydroxyl groups is 1. The zero-order chi connectivity index (χ0) is 16.1. The van der Waals surface area contributed by atoms with Crippen LogP contribution in [-0.2, 0) is 14.3 Å². The molecule has 1 saturated carbocycles. The Kier molecular flexibility index (Phi) is 5.70. The van der Waals surface area contributed by atoms with E-state index in [0.717, 1.165) is 19.3 Å². The summed E-state index contributed by atoms with van der Waals surface area (Å²) in [6.45, 7) is 0.695. The van der Waals surface area contributed by atoms with Gasteiger partial charge in [0, 0.05) is 25.0 Å². The normalized spacial score (nSPS) is 24.0. The van der Waals surface area contributed by atoms with Crippen LogP contribution in [0.15, 0.2) is 28.7 Å². The minimum absolute atomic E-state index is 0.137. The molecule has 5 nitrogen and oxygen atoms in total. The molecule has 2 atom stereocenters. The van der Waals surface area contributed by atoms with Gasteiger partial charge in [-0.2, -0.15) is 11.3 Å². The smallest absolute Gasteiger partial charge is 0.286 e. The molecule has 0 unspecified atom stereocenters. The van der Waals surface area contributed by atoms with Crippen molar-refractivity contribution in [2.45, 2.75) is 50.4 Å². The van der Waals surface area contributed by atoms with Gasteiger partial charge in [0.2, 0.25) is 6.29 Å². The molecular weight excluding hydrogens is 314 g/mol. The topological polar surface area (TPSA) is 67.8 Å². The first-order valence-electron chi connectivity index (χ1n) is 8.20. The molecule has 1 aliphatic carbocycles. The molecule has 1 fully saturated rings. The van der Waals surface area contributed by atoms with Gasteiger partial charge in [0.25, 0.3) is 5.91 Å². The SMILES string of the molecule is O=C(NC1CC1)C1=C[C@H](c2ccsc2)C[C@H](OCCCCO)O1. The highest BCUT2D eigenvalue weighted by Crippen LogP contribution is 2.33. The van der Waals surface area contributed by atoms with E-state index in [2.05, 4.69) is 16.8 Å². The van der Waals surface area contributed by atoms with E-state index in [1.54, 1.807) is 11.3 Å². The van der Waals surface area contributed by atoms with Gasteiger partial charge in [0.05, 0.1) is 6.61 Å². The highest BCUT2D eigenvalue weighted by Gasteiger charge is 2.31. The van der Waals surface area contributed by atoms with Gasteiger partial charge in [-0.1, -0.05) is 0 Å². The van der Waals surface area contributed by atoms with E-state index in [4.69, 9.17) is 14.6 Å². The molecule has 0 bridgehead atoms. The number of hydrogen-bond acceptors (Lipinski definition) is 5. The molecule has 0 saturated heterocycles. The predicted octanol–water partition coefficient (Wildman–Crippen LogP) is 2.53. The van der Waals surface area contributed by atoms with Crippen molar-refractivity contribution < 1.29 is 19.4 Å². The van der Waals surface area contributed by atoms with E-state index in [1.807, 2.05) is 11.5 Å². The molecule has 6 heteroatoms. The molecule has 1 aromatic rings. The van der Waals surface area contributed by atoms with Crippen molar-refractivity contribution in [3.8, 4) is 0 Å². The number of unbranched alkanes of at least 4 members (excludes halogenated alkanes) is 1. The minimum Gasteiger partial charge on any atom is -0.459 e. The van der Waals surface area contributed by atoms with E-state index in [1.165, 1.54) is 5.56 Å². The predicted molar refractivity (Wildman–Crippen MR) is 88.1 cm³/mol. The van der Waals surface area contributed by atoms with Gasteiger partial charge < -0.3 is 19.9 Å². The van der Waals surface area contributed by atoms with Crippen LogP contribution in [0.3, 0.4) is 0 Å². The Labute approximate surface area is 140 Å². The number of thiophene rings is 1. The zero-order valence-corrected chi connectivity index (χ0v) is 13.9. The fourth-order valence-electron chi connectivity index (χ4n) is 2.55. The van der Waals surface area contributed by atoms with Gasteiger partial charge in [-0.3, -0.25) is 4.79 Å². The monoisotopic (exact) mass is 337 g/mol. The summed E-state index contributed by atoms with van der Waals surface area (Å²) in [5, 5.41) is 15.9. The summed E-state index contributed by atoms with van der Waals surface area (Å²) in [6.07, 6.45) is 5.80. The van der Waals surface area contributed by atoms with Crippen LogP contribution >= 0.6 is 11.3 Å². The van der Waals surface area contributed by atoms with E-state index in [9.17, 15) is 4.79 Å². The standard InChI is InChI=1S/C17H23NO4S/c19-6-1-2-7-21-16-10-13(12-5-8-23-11-12)9-15(22-16)17(20)18-14-3-4-14/h5,8-9,11,13-14,16,19H,1-4,6-7,10H2,(H,18,20)/t13-,16+/m0/s1. The minimum atomic E-state index is -0.413. The van der Waals surface area contributed by atoms with Crippen molar-refractivity contribution in [1.82, 2.24) is 5.32 Å². The van der Waals surface area contributed by atoms with Gasteiger partial charge >= 0.3 is 0 Å². The van der Waals surface area contributed by atoms with Crippen molar-refractivity contribution in [3.63, 3.8) is 0 Å². The van der Waals surface area contributed by atoms with Crippen molar-refractivity contribution in [2.75, 3.05) is 13.2 Å². The third-order valence-electron chi connectivity index (χ3n) is 4.02. The summed E-state index contributed by atoms with van der Waals surface area (Å²) in [5.74, 6) is 0.362. The summed E-state index contributed by atoms with van der Waals surface area (Å²) in [6, 6.07) is 2.38. The summed E-state index contributed by atoms with van der Waals surface area (Å²) < 4.78 is 11.5. The van der Waals surface area contributed by atoms with Crippen molar-refractivity contribution in [2.24, 2.45) is 0 Å². The lowest BCUT2D eigenvalue weighted by molar-refractivity contribution is -0.146. The lowest BCUT2D eigenvalue weighted by Gasteiger charge is -2.29. The largest absolute Gasteiger partial charge is 0.459 e. The van der Waals surface area contributed by atoms with Crippen LogP contribution in [0.25, 0.3) is 0 Å². The second-order valence-electron chi connectivity index (χ2n) is 6.03. The quantitative estimate of drug-likeness (QED) is 0.715. The first-order chi connectivity index (χ1) is 11.3. The molecule has 0 radical (unpaired) electrons. The third-order valence-corrected chi connectivity index (χ3v) is 4.72. The van der Waals surface area contributed by atoms with Crippen LogP contribution in [0.2, 0.25) is 0 Å². The number of aliphatic hydroxyl groups excluding tert-OH is 1. The van der Waals surface area contributed by atoms with Crippen molar-refractivity contribution in [1.29, 1.82) is 0 Å². The Morgan fingerprint density at radius 2 is 2.30 bits per heavy atom. The highest BCUT2D eigenvalue weighted by molar-refractivity contribution is 7.08. The average molecular weight is 337 g/mol. The number of rotatable bonds is 8. The number of carbonyl (C=O) groups excluding carboxylic acids is 1. The van der Waals surface area contributed by atoms with Gasteiger partial charge in [-0.25, -0.2) is 0 Å². The van der Waals surface area contributed by atoms with Crippen LogP contribution in [-0.4, -0.2) is 36.6 Å². The van der Waals surface area contributed by atoms with Crippen LogP contribution in [0.1, 0.15) is 43.6 Å². The Balaban J connectivity index is 1.64. The van der Waals surface area contributed by atoms with Crippen LogP contribution in [0, 0.1) is 0 Å². The Hall–Kier alpha value is -1.37. The van der Waals surface area contributed by atoms with Crippen LogP contribution < -0.4 is 5.32 Å². The number of allylic oxidation sites excluding steroid dienone is 1. The van der Waals surface area contributed by atoms with E-state index in [0.29, 0.717) is 31.2 Å². The number of ether oxygens (including phenoxy) is 2. The lowest BCUT2D eigenvalue weighted by Crippen LogP contribution is -2.34. The number of hydrogen-bond donors (Lipinski definition) is 2. The van der Waals surface area contributed by atoms with E-state index in [-0.39, 0.29) is 18.4 Å². The van der Waals surface area contributed by atoms with Gasteiger partial charge in [-0.05, 0) is 54.1 Å². The van der Waals surface area contributed by atoms with E-state index < -0.39 is 6.29 Å². The molecule has 23 heavy (non-hydrogen) atoms. The molecule has 1 amide bonds. The fraction of sp³-hybridized carbons (Fsp3) is 0.588. The maximum atomic E-state index is 12.3. The fourth-order valence-corrected chi connectivity index (χ4v) is 3.27. The Bertz CT molecular complexity index is 539. The molecular formula is C17H23NO4S. The summed E-state index contributed by atoms with van der Waals surface area (Å²) >= 11 is 1.65. The third kappa shape index (κ3) is 4.80. The summed E-state index contributed by atoms with van der Waals surface area (Å²) in [7, 11) is 0. The van der Waals surface area contributed by atoms with Gasteiger partial charge in [0.1, 0.15) is 0 Å². The Morgan fingerprint density at radius 3 is 3.00 bits per heavy atom. The number of nitrogens with one attached hydrogen (secondary N) is 1. The van der Waals surface area contributed by atoms with Crippen molar-refractivity contribution in [3.05, 3.63) is 34.2 Å². The van der Waals surface area contributed by atoms with Gasteiger partial charge in [-0.15, -0.1) is 0 Å². The van der Waals surface area contributed by atoms with Gasteiger partial charge in [0.15, 0.2) is 5.76 Å². The summed E-state index contributed by atoms with van der Waals surface area (Å²) in [4.78, 5) is 12.3. The Morgan fingerprint density at radius 1 is 1.43 bits per heavy atom. The number of carbonyl (C=O) groups is 1. The maximum absolute atomic E-state index is 12.3. The molecule has 2 aliphatic rings. The molecule has 0 spiro atoms. The molecule has 1 aliphatic heterocycles. The highest BCUT2D eigenvalue weighted by atomic mass is 32.1. The summed E-state index contributed by atoms with van der Waals surface area (Å²) in [5.41, 5.74) is 1.19. The van der Waals surface area contributed by atoms with E-state index >= 15 is 0 Å². The molecule has 2 heterocycles. The molecule has 126 valence electrons. The first kappa shape index (κ1) is 16.5. The van der Waals surface area contributed by atoms with Crippen LogP contribution in [0.5, 0.6) is 0 Å². The molecule has 3 rings (SSSR count). The maximum Gasteiger partial charge on any atom is 0.286 e.